The average molecular weight is 381 g/mol. The van der Waals surface area contributed by atoms with Crippen LogP contribution in [-0.4, -0.2) is 44.6 Å². The molecule has 1 aliphatic heterocycles. The van der Waals surface area contributed by atoms with Gasteiger partial charge in [0, 0.05) is 18.5 Å². The molecule has 0 spiro atoms. The van der Waals surface area contributed by atoms with Crippen LogP contribution in [-0.2, 0) is 9.59 Å². The third-order valence-electron chi connectivity index (χ3n) is 4.54. The van der Waals surface area contributed by atoms with Crippen molar-refractivity contribution in [1.29, 1.82) is 0 Å². The van der Waals surface area contributed by atoms with Gasteiger partial charge in [0.05, 0.1) is 26.9 Å². The first kappa shape index (κ1) is 19.6. The van der Waals surface area contributed by atoms with Crippen molar-refractivity contribution in [3.8, 4) is 29.1 Å². The fraction of sp³-hybridized carbons (Fsp3) is 0.364. The number of carbonyl (C=O) groups is 2. The predicted molar refractivity (Wildman–Crippen MR) is 105 cm³/mol. The van der Waals surface area contributed by atoms with E-state index in [0.717, 1.165) is 12.8 Å². The summed E-state index contributed by atoms with van der Waals surface area (Å²) < 4.78 is 15.9. The summed E-state index contributed by atoms with van der Waals surface area (Å²) in [4.78, 5) is 26.3. The maximum atomic E-state index is 12.6. The lowest BCUT2D eigenvalue weighted by Gasteiger charge is -2.22. The van der Waals surface area contributed by atoms with Crippen molar-refractivity contribution in [2.75, 3.05) is 27.9 Å². The van der Waals surface area contributed by atoms with Crippen LogP contribution in [0.3, 0.4) is 0 Å². The molecule has 0 bridgehead atoms. The molecule has 146 valence electrons. The van der Waals surface area contributed by atoms with Crippen molar-refractivity contribution in [3.05, 3.63) is 35.4 Å². The highest BCUT2D eigenvalue weighted by molar-refractivity contribution is 6.11. The zero-order valence-electron chi connectivity index (χ0n) is 16.3. The molecule has 6 heteroatoms. The first-order valence-corrected chi connectivity index (χ1v) is 9.13. The predicted octanol–water partition coefficient (Wildman–Crippen LogP) is 2.82. The van der Waals surface area contributed by atoms with Crippen LogP contribution in [0.25, 0.3) is 6.08 Å². The molecule has 1 saturated carbocycles. The lowest BCUT2D eigenvalue weighted by molar-refractivity contribution is -0.139. The van der Waals surface area contributed by atoms with Gasteiger partial charge >= 0.3 is 0 Å². The summed E-state index contributed by atoms with van der Waals surface area (Å²) in [6, 6.07) is 3.46. The number of carbonyl (C=O) groups excluding carboxylic acids is 2. The fourth-order valence-electron chi connectivity index (χ4n) is 2.85. The van der Waals surface area contributed by atoms with E-state index in [0.29, 0.717) is 47.3 Å². The Morgan fingerprint density at radius 3 is 2.39 bits per heavy atom. The molecule has 0 atom stereocenters. The highest BCUT2D eigenvalue weighted by Gasteiger charge is 2.26. The number of ether oxygens (including phenoxy) is 3. The molecule has 3 rings (SSSR count). The number of benzene rings is 1. The van der Waals surface area contributed by atoms with Crippen LogP contribution in [0.5, 0.6) is 17.2 Å². The molecule has 6 nitrogen and oxygen atoms in total. The third kappa shape index (κ3) is 4.37. The molecule has 0 N–H and O–H groups in total. The number of hydrogen-bond donors (Lipinski definition) is 0. The summed E-state index contributed by atoms with van der Waals surface area (Å²) in [6.07, 6.45) is 7.60. The quantitative estimate of drug-likeness (QED) is 0.580. The van der Waals surface area contributed by atoms with Crippen LogP contribution in [0.15, 0.2) is 29.9 Å². The molecule has 2 amide bonds. The van der Waals surface area contributed by atoms with Crippen LogP contribution in [0.1, 0.15) is 24.8 Å². The summed E-state index contributed by atoms with van der Waals surface area (Å²) in [7, 11) is 4.58. The Morgan fingerprint density at radius 1 is 1.14 bits per heavy atom. The molecule has 1 aliphatic carbocycles. The Labute approximate surface area is 164 Å². The molecule has 1 heterocycles. The standard InChI is InChI=1S/C22H23NO5/c1-26-18-13-16(14-19(27-2)21(18)28-3)9-11-20(24)23-12-4-5-17(22(23)25)10-8-15-6-7-15/h5,9,11,13-15H,4,6-7,12H2,1-3H3. The summed E-state index contributed by atoms with van der Waals surface area (Å²) in [6.45, 7) is 0.353. The molecule has 1 aromatic rings. The maximum Gasteiger partial charge on any atom is 0.268 e. The molecule has 0 aromatic heterocycles. The second kappa shape index (κ2) is 8.66. The number of imide groups is 1. The Morgan fingerprint density at radius 2 is 1.82 bits per heavy atom. The van der Waals surface area contributed by atoms with Gasteiger partial charge in [-0.3, -0.25) is 14.5 Å². The van der Waals surface area contributed by atoms with E-state index in [4.69, 9.17) is 14.2 Å². The summed E-state index contributed by atoms with van der Waals surface area (Å²) in [5.41, 5.74) is 1.10. The minimum atomic E-state index is -0.377. The third-order valence-corrected chi connectivity index (χ3v) is 4.54. The number of amides is 2. The van der Waals surface area contributed by atoms with E-state index in [1.807, 2.05) is 6.08 Å². The van der Waals surface area contributed by atoms with Crippen molar-refractivity contribution >= 4 is 17.9 Å². The zero-order valence-corrected chi connectivity index (χ0v) is 16.3. The van der Waals surface area contributed by atoms with Gasteiger partial charge in [0.1, 0.15) is 0 Å². The van der Waals surface area contributed by atoms with E-state index >= 15 is 0 Å². The van der Waals surface area contributed by atoms with Crippen LogP contribution >= 0.6 is 0 Å². The van der Waals surface area contributed by atoms with Gasteiger partial charge in [-0.25, -0.2) is 0 Å². The lowest BCUT2D eigenvalue weighted by Crippen LogP contribution is -2.39. The van der Waals surface area contributed by atoms with Crippen LogP contribution < -0.4 is 14.2 Å². The number of methoxy groups -OCH3 is 3. The lowest BCUT2D eigenvalue weighted by atomic mass is 10.1. The van der Waals surface area contributed by atoms with Crippen molar-refractivity contribution < 1.29 is 23.8 Å². The fourth-order valence-corrected chi connectivity index (χ4v) is 2.85. The van der Waals surface area contributed by atoms with Crippen molar-refractivity contribution in [3.63, 3.8) is 0 Å². The summed E-state index contributed by atoms with van der Waals surface area (Å²) in [5, 5.41) is 0. The summed E-state index contributed by atoms with van der Waals surface area (Å²) in [5.74, 6) is 7.15. The van der Waals surface area contributed by atoms with Crippen LogP contribution in [0.4, 0.5) is 0 Å². The number of rotatable bonds is 5. The van der Waals surface area contributed by atoms with E-state index in [1.165, 1.54) is 32.3 Å². The van der Waals surface area contributed by atoms with Gasteiger partial charge in [0.15, 0.2) is 11.5 Å². The smallest absolute Gasteiger partial charge is 0.268 e. The van der Waals surface area contributed by atoms with E-state index < -0.39 is 0 Å². The largest absolute Gasteiger partial charge is 0.493 e. The Balaban J connectivity index is 1.75. The van der Waals surface area contributed by atoms with Crippen molar-refractivity contribution in [2.45, 2.75) is 19.3 Å². The Hall–Kier alpha value is -3.20. The van der Waals surface area contributed by atoms with Gasteiger partial charge in [-0.2, -0.15) is 0 Å². The second-order valence-corrected chi connectivity index (χ2v) is 6.54. The highest BCUT2D eigenvalue weighted by Crippen LogP contribution is 2.38. The SMILES string of the molecule is COc1cc(C=CC(=O)N2CCC=C(C#CC3CC3)C2=O)cc(OC)c1OC. The zero-order chi connectivity index (χ0) is 20.1. The normalized spacial score (nSPS) is 16.3. The topological polar surface area (TPSA) is 65.1 Å². The van der Waals surface area contributed by atoms with E-state index in [-0.39, 0.29) is 11.8 Å². The minimum Gasteiger partial charge on any atom is -0.493 e. The molecule has 1 fully saturated rings. The van der Waals surface area contributed by atoms with E-state index in [1.54, 1.807) is 18.2 Å². The second-order valence-electron chi connectivity index (χ2n) is 6.54. The average Bonchev–Trinajstić information content (AvgIpc) is 3.54. The van der Waals surface area contributed by atoms with Gasteiger partial charge in [-0.15, -0.1) is 0 Å². The molecule has 2 aliphatic rings. The maximum absolute atomic E-state index is 12.6. The van der Waals surface area contributed by atoms with Gasteiger partial charge in [-0.1, -0.05) is 17.9 Å². The Bertz CT molecular complexity index is 874. The number of hydrogen-bond acceptors (Lipinski definition) is 5. The van der Waals surface area contributed by atoms with Gasteiger partial charge < -0.3 is 14.2 Å². The first-order valence-electron chi connectivity index (χ1n) is 9.13. The molecule has 28 heavy (non-hydrogen) atoms. The Kier molecular flexibility index (Phi) is 6.05. The summed E-state index contributed by atoms with van der Waals surface area (Å²) >= 11 is 0. The number of nitrogens with zero attached hydrogens (tertiary/aromatic N) is 1. The van der Waals surface area contributed by atoms with Gasteiger partial charge in [0.2, 0.25) is 5.75 Å². The van der Waals surface area contributed by atoms with Crippen LogP contribution in [0, 0.1) is 17.8 Å². The minimum absolute atomic E-state index is 0.334. The molecule has 1 aromatic carbocycles. The van der Waals surface area contributed by atoms with Crippen molar-refractivity contribution in [1.82, 2.24) is 4.90 Å². The highest BCUT2D eigenvalue weighted by atomic mass is 16.5. The van der Waals surface area contributed by atoms with E-state index in [2.05, 4.69) is 11.8 Å². The molecule has 0 saturated heterocycles. The molecule has 0 unspecified atom stereocenters. The molecular formula is C22H23NO5. The molecular weight excluding hydrogens is 358 g/mol. The first-order chi connectivity index (χ1) is 13.6. The van der Waals surface area contributed by atoms with Crippen molar-refractivity contribution in [2.24, 2.45) is 5.92 Å². The molecule has 0 radical (unpaired) electrons. The van der Waals surface area contributed by atoms with E-state index in [9.17, 15) is 9.59 Å². The monoisotopic (exact) mass is 381 g/mol. The van der Waals surface area contributed by atoms with Gasteiger partial charge in [0.25, 0.3) is 11.8 Å². The van der Waals surface area contributed by atoms with Gasteiger partial charge in [-0.05, 0) is 43.0 Å². The van der Waals surface area contributed by atoms with Crippen LogP contribution in [0.2, 0.25) is 0 Å².